The minimum Gasteiger partial charge on any atom is -0.481 e. The van der Waals surface area contributed by atoms with Crippen LogP contribution in [0.1, 0.15) is 10.6 Å². The molecule has 3 rings (SSSR count). The molecule has 0 saturated carbocycles. The van der Waals surface area contributed by atoms with Gasteiger partial charge in [0.1, 0.15) is 5.01 Å². The number of para-hydroxylation sites is 1. The summed E-state index contributed by atoms with van der Waals surface area (Å²) in [5, 5.41) is 13.8. The van der Waals surface area contributed by atoms with Crippen molar-refractivity contribution in [3.8, 4) is 0 Å². The molecule has 0 saturated heterocycles. The van der Waals surface area contributed by atoms with Crippen LogP contribution in [0.2, 0.25) is 0 Å². The molecule has 0 fully saturated rings. The van der Waals surface area contributed by atoms with Crippen LogP contribution in [0.25, 0.3) is 21.2 Å². The van der Waals surface area contributed by atoms with Crippen molar-refractivity contribution < 1.29 is 9.90 Å². The number of nitrogens with zero attached hydrogens (tertiary/aromatic N) is 1. The van der Waals surface area contributed by atoms with Crippen LogP contribution in [-0.2, 0) is 4.79 Å². The first-order valence-corrected chi connectivity index (χ1v) is 8.91. The number of fused-ring (bicyclic) bond motifs is 1. The third kappa shape index (κ3) is 3.53. The molecule has 0 amide bonds. The summed E-state index contributed by atoms with van der Waals surface area (Å²) >= 11 is 4.52. The maximum atomic E-state index is 10.8. The highest BCUT2D eigenvalue weighted by Gasteiger charge is 2.11. The van der Waals surface area contributed by atoms with E-state index in [1.54, 1.807) is 22.7 Å². The van der Waals surface area contributed by atoms with Gasteiger partial charge in [-0.15, -0.1) is 23.1 Å². The van der Waals surface area contributed by atoms with Crippen LogP contribution < -0.4 is 0 Å². The number of carboxylic acids is 1. The molecular weight excluding hydrogens is 322 g/mol. The number of hydrogen-bond donors (Lipinski definition) is 1. The summed E-state index contributed by atoms with van der Waals surface area (Å²) < 4.78 is 1.11. The monoisotopic (exact) mass is 333 g/mol. The fourth-order valence-corrected chi connectivity index (χ4v) is 4.25. The van der Waals surface area contributed by atoms with Gasteiger partial charge in [0, 0.05) is 4.91 Å². The van der Waals surface area contributed by atoms with Crippen molar-refractivity contribution in [3.05, 3.63) is 51.7 Å². The van der Waals surface area contributed by atoms with E-state index in [4.69, 9.17) is 5.11 Å². The van der Waals surface area contributed by atoms with Gasteiger partial charge in [-0.05, 0) is 40.6 Å². The van der Waals surface area contributed by atoms with Crippen LogP contribution in [-0.4, -0.2) is 21.8 Å². The Morgan fingerprint density at radius 3 is 2.90 bits per heavy atom. The van der Waals surface area contributed by atoms with Gasteiger partial charge in [0.2, 0.25) is 0 Å². The maximum Gasteiger partial charge on any atom is 0.313 e. The SMILES string of the molecule is O=C(O)CSC(=Cc1ccsc1)c1nc2ccccc2s1. The van der Waals surface area contributed by atoms with Gasteiger partial charge in [-0.25, -0.2) is 4.98 Å². The van der Waals surface area contributed by atoms with Gasteiger partial charge in [-0.1, -0.05) is 12.1 Å². The highest BCUT2D eigenvalue weighted by Crippen LogP contribution is 2.35. The quantitative estimate of drug-likeness (QED) is 0.737. The van der Waals surface area contributed by atoms with E-state index in [0.29, 0.717) is 0 Å². The number of carbonyl (C=O) groups is 1. The molecule has 106 valence electrons. The number of aliphatic carboxylic acids is 1. The van der Waals surface area contributed by atoms with E-state index >= 15 is 0 Å². The van der Waals surface area contributed by atoms with Gasteiger partial charge in [-0.2, -0.15) is 11.3 Å². The van der Waals surface area contributed by atoms with E-state index in [1.807, 2.05) is 47.2 Å². The van der Waals surface area contributed by atoms with Crippen LogP contribution in [0.15, 0.2) is 41.1 Å². The first kappa shape index (κ1) is 14.3. The lowest BCUT2D eigenvalue weighted by Crippen LogP contribution is -1.97. The molecule has 3 aromatic rings. The molecule has 0 bridgehead atoms. The zero-order valence-electron chi connectivity index (χ0n) is 10.9. The lowest BCUT2D eigenvalue weighted by molar-refractivity contribution is -0.133. The van der Waals surface area contributed by atoms with Crippen LogP contribution in [0.3, 0.4) is 0 Å². The minimum absolute atomic E-state index is 0.0336. The summed E-state index contributed by atoms with van der Waals surface area (Å²) in [6, 6.07) is 9.95. The number of benzene rings is 1. The topological polar surface area (TPSA) is 50.2 Å². The number of aromatic nitrogens is 1. The Bertz CT molecular complexity index is 757. The minimum atomic E-state index is -0.822. The summed E-state index contributed by atoms with van der Waals surface area (Å²) in [5.74, 6) is -0.788. The number of carboxylic acid groups (broad SMARTS) is 1. The van der Waals surface area contributed by atoms with Crippen LogP contribution in [0, 0.1) is 0 Å². The Morgan fingerprint density at radius 2 is 2.19 bits per heavy atom. The van der Waals surface area contributed by atoms with Gasteiger partial charge < -0.3 is 5.11 Å². The van der Waals surface area contributed by atoms with Crippen molar-refractivity contribution in [1.29, 1.82) is 0 Å². The number of thiazole rings is 1. The van der Waals surface area contributed by atoms with E-state index < -0.39 is 5.97 Å². The first-order chi connectivity index (χ1) is 10.2. The molecule has 1 aromatic carbocycles. The van der Waals surface area contributed by atoms with Gasteiger partial charge in [-0.3, -0.25) is 4.79 Å². The van der Waals surface area contributed by atoms with Crippen molar-refractivity contribution in [1.82, 2.24) is 4.98 Å². The Balaban J connectivity index is 1.99. The smallest absolute Gasteiger partial charge is 0.313 e. The highest BCUT2D eigenvalue weighted by molar-refractivity contribution is 8.09. The molecule has 0 spiro atoms. The molecule has 0 aliphatic carbocycles. The molecule has 0 radical (unpaired) electrons. The normalized spacial score (nSPS) is 11.9. The van der Waals surface area contributed by atoms with Crippen molar-refractivity contribution in [3.63, 3.8) is 0 Å². The molecule has 6 heteroatoms. The molecule has 21 heavy (non-hydrogen) atoms. The summed E-state index contributed by atoms with van der Waals surface area (Å²) in [6.45, 7) is 0. The fourth-order valence-electron chi connectivity index (χ4n) is 1.79. The van der Waals surface area contributed by atoms with Crippen molar-refractivity contribution >= 4 is 61.6 Å². The average molecular weight is 333 g/mol. The largest absolute Gasteiger partial charge is 0.481 e. The maximum absolute atomic E-state index is 10.8. The van der Waals surface area contributed by atoms with E-state index in [9.17, 15) is 4.79 Å². The Morgan fingerprint density at radius 1 is 1.33 bits per heavy atom. The second kappa shape index (κ2) is 6.43. The summed E-state index contributed by atoms with van der Waals surface area (Å²) in [7, 11) is 0. The van der Waals surface area contributed by atoms with Crippen molar-refractivity contribution in [2.45, 2.75) is 0 Å². The van der Waals surface area contributed by atoms with Crippen LogP contribution >= 0.6 is 34.4 Å². The lowest BCUT2D eigenvalue weighted by atomic mass is 10.3. The van der Waals surface area contributed by atoms with E-state index in [1.165, 1.54) is 11.8 Å². The lowest BCUT2D eigenvalue weighted by Gasteiger charge is -2.01. The molecule has 2 aromatic heterocycles. The standard InChI is InChI=1S/C15H11NO2S3/c17-14(18)9-20-13(7-10-5-6-19-8-10)15-16-11-3-1-2-4-12(11)21-15/h1-8H,9H2,(H,17,18). The molecule has 0 atom stereocenters. The number of thioether (sulfide) groups is 1. The third-order valence-corrected chi connectivity index (χ3v) is 5.61. The molecular formula is C15H11NO2S3. The summed E-state index contributed by atoms with van der Waals surface area (Å²) in [4.78, 5) is 16.4. The van der Waals surface area contributed by atoms with Crippen molar-refractivity contribution in [2.75, 3.05) is 5.75 Å². The van der Waals surface area contributed by atoms with E-state index in [2.05, 4.69) is 4.98 Å². The summed E-state index contributed by atoms with van der Waals surface area (Å²) in [6.07, 6.45) is 2.00. The highest BCUT2D eigenvalue weighted by atomic mass is 32.2. The third-order valence-electron chi connectivity index (χ3n) is 2.70. The van der Waals surface area contributed by atoms with Crippen LogP contribution in [0.4, 0.5) is 0 Å². The van der Waals surface area contributed by atoms with Crippen LogP contribution in [0.5, 0.6) is 0 Å². The van der Waals surface area contributed by atoms with Gasteiger partial charge >= 0.3 is 5.97 Å². The number of hydrogen-bond acceptors (Lipinski definition) is 5. The van der Waals surface area contributed by atoms with E-state index in [-0.39, 0.29) is 5.75 Å². The summed E-state index contributed by atoms with van der Waals surface area (Å²) in [5.41, 5.74) is 2.02. The zero-order valence-corrected chi connectivity index (χ0v) is 13.3. The molecule has 1 N–H and O–H groups in total. The Labute approximate surface area is 134 Å². The Hall–Kier alpha value is -1.63. The molecule has 0 aliphatic heterocycles. The molecule has 0 aliphatic rings. The van der Waals surface area contributed by atoms with Gasteiger partial charge in [0.05, 0.1) is 16.0 Å². The van der Waals surface area contributed by atoms with E-state index in [0.717, 1.165) is 25.7 Å². The average Bonchev–Trinajstić information content (AvgIpc) is 3.11. The Kier molecular flexibility index (Phi) is 4.38. The number of thiophene rings is 1. The molecule has 0 unspecified atom stereocenters. The second-order valence-corrected chi connectivity index (χ2v) is 7.06. The predicted molar refractivity (Wildman–Crippen MR) is 91.9 cm³/mol. The second-order valence-electron chi connectivity index (χ2n) is 4.23. The molecule has 2 heterocycles. The van der Waals surface area contributed by atoms with Gasteiger partial charge in [0.25, 0.3) is 0 Å². The number of rotatable bonds is 5. The molecule has 3 nitrogen and oxygen atoms in total. The predicted octanol–water partition coefficient (Wildman–Crippen LogP) is 4.67. The van der Waals surface area contributed by atoms with Crippen molar-refractivity contribution in [2.24, 2.45) is 0 Å². The fraction of sp³-hybridized carbons (Fsp3) is 0.0667. The first-order valence-electron chi connectivity index (χ1n) is 6.17. The van der Waals surface area contributed by atoms with Gasteiger partial charge in [0.15, 0.2) is 0 Å². The zero-order chi connectivity index (χ0) is 14.7.